The number of nitrogens with two attached hydrogens (primary N) is 1. The predicted octanol–water partition coefficient (Wildman–Crippen LogP) is 0.968. The minimum atomic E-state index is -0.253. The molecule has 0 aromatic heterocycles. The zero-order valence-corrected chi connectivity index (χ0v) is 8.08. The molecule has 2 amide bonds. The molecule has 2 N–H and O–H groups in total. The van der Waals surface area contributed by atoms with Crippen molar-refractivity contribution in [2.75, 3.05) is 7.05 Å². The minimum absolute atomic E-state index is 0.189. The van der Waals surface area contributed by atoms with Crippen LogP contribution in [-0.2, 0) is 0 Å². The Morgan fingerprint density at radius 1 is 1.69 bits per heavy atom. The molecule has 2 atom stereocenters. The largest absolute Gasteiger partial charge is 0.385 e. The van der Waals surface area contributed by atoms with Crippen LogP contribution in [-0.4, -0.2) is 29.4 Å². The van der Waals surface area contributed by atoms with Crippen LogP contribution in [0.3, 0.4) is 0 Å². The van der Waals surface area contributed by atoms with Crippen molar-refractivity contribution in [3.05, 3.63) is 0 Å². The van der Waals surface area contributed by atoms with Gasteiger partial charge in [-0.25, -0.2) is 4.79 Å². The second-order valence-electron chi connectivity index (χ2n) is 4.06. The highest BCUT2D eigenvalue weighted by atomic mass is 16.2. The topological polar surface area (TPSA) is 58.7 Å². The zero-order valence-electron chi connectivity index (χ0n) is 8.08. The quantitative estimate of drug-likeness (QED) is 0.605. The first-order valence-corrected chi connectivity index (χ1v) is 4.71. The second kappa shape index (κ2) is 2.47. The molecule has 72 valence electrons. The van der Waals surface area contributed by atoms with E-state index in [1.807, 2.05) is 0 Å². The summed E-state index contributed by atoms with van der Waals surface area (Å²) in [4.78, 5) is 16.9. The number of aliphatic imine (C=N–C) groups is 1. The molecule has 0 saturated heterocycles. The van der Waals surface area contributed by atoms with Crippen molar-refractivity contribution in [1.82, 2.24) is 4.90 Å². The normalized spacial score (nSPS) is 38.9. The van der Waals surface area contributed by atoms with Gasteiger partial charge < -0.3 is 10.6 Å². The van der Waals surface area contributed by atoms with Gasteiger partial charge in [-0.1, -0.05) is 13.3 Å². The van der Waals surface area contributed by atoms with Crippen LogP contribution in [0.15, 0.2) is 4.99 Å². The number of amidine groups is 1. The molecule has 1 heterocycles. The molecule has 0 aromatic rings. The molecule has 2 unspecified atom stereocenters. The maximum Gasteiger partial charge on any atom is 0.345 e. The molecule has 4 heteroatoms. The first-order valence-electron chi connectivity index (χ1n) is 4.71. The highest BCUT2D eigenvalue weighted by Crippen LogP contribution is 2.42. The molecule has 1 aliphatic heterocycles. The standard InChI is InChI=1S/C9H15N3O/c1-6-4-3-5-9(6)7(10)11-8(13)12(9)2/h6H,3-5H2,1-2H3,(H2,10,11,13). The van der Waals surface area contributed by atoms with Gasteiger partial charge in [0.05, 0.1) is 0 Å². The van der Waals surface area contributed by atoms with Gasteiger partial charge >= 0.3 is 6.03 Å². The summed E-state index contributed by atoms with van der Waals surface area (Å²) in [5.74, 6) is 0.956. The number of amides is 2. The fourth-order valence-corrected chi connectivity index (χ4v) is 2.66. The number of carbonyl (C=O) groups excluding carboxylic acids is 1. The molecule has 1 saturated carbocycles. The average molecular weight is 181 g/mol. The number of carbonyl (C=O) groups is 1. The average Bonchev–Trinajstić information content (AvgIpc) is 2.54. The van der Waals surface area contributed by atoms with Gasteiger partial charge in [-0.15, -0.1) is 0 Å². The Kier molecular flexibility index (Phi) is 1.62. The van der Waals surface area contributed by atoms with E-state index in [9.17, 15) is 4.79 Å². The van der Waals surface area contributed by atoms with Crippen molar-refractivity contribution in [2.45, 2.75) is 31.7 Å². The Bertz CT molecular complexity index is 287. The smallest absolute Gasteiger partial charge is 0.345 e. The summed E-state index contributed by atoms with van der Waals surface area (Å²) in [6.07, 6.45) is 3.23. The van der Waals surface area contributed by atoms with E-state index in [0.717, 1.165) is 19.3 Å². The van der Waals surface area contributed by atoms with E-state index in [1.54, 1.807) is 11.9 Å². The van der Waals surface area contributed by atoms with Gasteiger partial charge in [0.1, 0.15) is 11.4 Å². The van der Waals surface area contributed by atoms with Crippen LogP contribution in [0.4, 0.5) is 4.79 Å². The van der Waals surface area contributed by atoms with Gasteiger partial charge in [-0.3, -0.25) is 0 Å². The van der Waals surface area contributed by atoms with Crippen LogP contribution < -0.4 is 5.73 Å². The fourth-order valence-electron chi connectivity index (χ4n) is 2.66. The number of urea groups is 1. The molecule has 0 aromatic carbocycles. The lowest BCUT2D eigenvalue weighted by Crippen LogP contribution is -2.54. The lowest BCUT2D eigenvalue weighted by Gasteiger charge is -2.35. The molecular weight excluding hydrogens is 166 g/mol. The summed E-state index contributed by atoms with van der Waals surface area (Å²) >= 11 is 0. The van der Waals surface area contributed by atoms with Crippen molar-refractivity contribution in [3.63, 3.8) is 0 Å². The molecule has 0 bridgehead atoms. The van der Waals surface area contributed by atoms with Gasteiger partial charge in [0.2, 0.25) is 0 Å². The van der Waals surface area contributed by atoms with E-state index < -0.39 is 0 Å². The van der Waals surface area contributed by atoms with E-state index in [1.165, 1.54) is 0 Å². The molecular formula is C9H15N3O. The van der Waals surface area contributed by atoms with Crippen LogP contribution >= 0.6 is 0 Å². The first-order chi connectivity index (χ1) is 6.09. The maximum atomic E-state index is 11.3. The minimum Gasteiger partial charge on any atom is -0.385 e. The van der Waals surface area contributed by atoms with Crippen LogP contribution in [0.5, 0.6) is 0 Å². The van der Waals surface area contributed by atoms with E-state index in [0.29, 0.717) is 11.8 Å². The van der Waals surface area contributed by atoms with Crippen LogP contribution in [0.1, 0.15) is 26.2 Å². The maximum absolute atomic E-state index is 11.3. The monoisotopic (exact) mass is 181 g/mol. The van der Waals surface area contributed by atoms with E-state index in [-0.39, 0.29) is 11.6 Å². The summed E-state index contributed by atoms with van der Waals surface area (Å²) < 4.78 is 0. The highest BCUT2D eigenvalue weighted by Gasteiger charge is 2.52. The number of hydrogen-bond donors (Lipinski definition) is 1. The van der Waals surface area contributed by atoms with Gasteiger partial charge in [-0.2, -0.15) is 4.99 Å². The lowest BCUT2D eigenvalue weighted by molar-refractivity contribution is 0.172. The fraction of sp³-hybridized carbons (Fsp3) is 0.778. The number of hydrogen-bond acceptors (Lipinski definition) is 2. The third-order valence-electron chi connectivity index (χ3n) is 3.56. The van der Waals surface area contributed by atoms with E-state index >= 15 is 0 Å². The molecule has 2 aliphatic rings. The van der Waals surface area contributed by atoms with Gasteiger partial charge in [0.15, 0.2) is 0 Å². The van der Waals surface area contributed by atoms with Crippen molar-refractivity contribution < 1.29 is 4.79 Å². The molecule has 1 fully saturated rings. The molecule has 4 nitrogen and oxygen atoms in total. The molecule has 2 rings (SSSR count). The van der Waals surface area contributed by atoms with Gasteiger partial charge in [-0.05, 0) is 18.8 Å². The molecule has 1 aliphatic carbocycles. The number of nitrogens with zero attached hydrogens (tertiary/aromatic N) is 2. The van der Waals surface area contributed by atoms with Crippen LogP contribution in [0.2, 0.25) is 0 Å². The first kappa shape index (κ1) is 8.53. The molecule has 13 heavy (non-hydrogen) atoms. The van der Waals surface area contributed by atoms with E-state index in [2.05, 4.69) is 11.9 Å². The third kappa shape index (κ3) is 0.857. The number of rotatable bonds is 0. The third-order valence-corrected chi connectivity index (χ3v) is 3.56. The molecule has 0 radical (unpaired) electrons. The second-order valence-corrected chi connectivity index (χ2v) is 4.06. The van der Waals surface area contributed by atoms with Crippen LogP contribution in [0, 0.1) is 5.92 Å². The van der Waals surface area contributed by atoms with E-state index in [4.69, 9.17) is 5.73 Å². The highest BCUT2D eigenvalue weighted by molar-refractivity contribution is 6.06. The Morgan fingerprint density at radius 2 is 2.38 bits per heavy atom. The lowest BCUT2D eigenvalue weighted by atomic mass is 9.87. The van der Waals surface area contributed by atoms with Crippen molar-refractivity contribution >= 4 is 11.9 Å². The number of likely N-dealkylation sites (N-methyl/N-ethyl adjacent to an activating group) is 1. The Labute approximate surface area is 77.8 Å². The summed E-state index contributed by atoms with van der Waals surface area (Å²) in [5, 5.41) is 0. The SMILES string of the molecule is CC1CCCC12C(N)=NC(=O)N2C. The summed E-state index contributed by atoms with van der Waals surface area (Å²) in [6.45, 7) is 2.14. The van der Waals surface area contributed by atoms with Crippen molar-refractivity contribution in [1.29, 1.82) is 0 Å². The Balaban J connectivity index is 2.42. The zero-order chi connectivity index (χ0) is 9.64. The Morgan fingerprint density at radius 3 is 2.77 bits per heavy atom. The Hall–Kier alpha value is -1.06. The van der Waals surface area contributed by atoms with Crippen molar-refractivity contribution in [2.24, 2.45) is 16.6 Å². The predicted molar refractivity (Wildman–Crippen MR) is 50.5 cm³/mol. The molecule has 1 spiro atoms. The van der Waals surface area contributed by atoms with Crippen molar-refractivity contribution in [3.8, 4) is 0 Å². The summed E-state index contributed by atoms with van der Waals surface area (Å²) in [6, 6.07) is -0.189. The summed E-state index contributed by atoms with van der Waals surface area (Å²) in [7, 11) is 1.80. The van der Waals surface area contributed by atoms with Crippen LogP contribution in [0.25, 0.3) is 0 Å². The van der Waals surface area contributed by atoms with Gasteiger partial charge in [0, 0.05) is 7.05 Å². The van der Waals surface area contributed by atoms with Gasteiger partial charge in [0.25, 0.3) is 0 Å². The summed E-state index contributed by atoms with van der Waals surface area (Å²) in [5.41, 5.74) is 5.58.